The number of nitrogens with zero attached hydrogens (tertiary/aromatic N) is 2. The van der Waals surface area contributed by atoms with Gasteiger partial charge < -0.3 is 20.0 Å². The fourth-order valence-corrected chi connectivity index (χ4v) is 3.69. The van der Waals surface area contributed by atoms with Gasteiger partial charge in [0, 0.05) is 31.9 Å². The van der Waals surface area contributed by atoms with Crippen LogP contribution in [-0.4, -0.2) is 60.2 Å². The summed E-state index contributed by atoms with van der Waals surface area (Å²) < 4.78 is 5.12. The van der Waals surface area contributed by atoms with E-state index in [2.05, 4.69) is 10.6 Å². The zero-order valence-electron chi connectivity index (χ0n) is 18.4. The average Bonchev–Trinajstić information content (AvgIpc) is 3.36. The first-order valence-corrected chi connectivity index (χ1v) is 10.8. The fourth-order valence-electron chi connectivity index (χ4n) is 3.69. The largest absolute Gasteiger partial charge is 0.459 e. The summed E-state index contributed by atoms with van der Waals surface area (Å²) in [5, 5.41) is 5.66. The second-order valence-electron chi connectivity index (χ2n) is 7.96. The molecule has 8 heteroatoms. The third-order valence-electron chi connectivity index (χ3n) is 5.51. The molecule has 3 aromatic rings. The number of aryl methyl sites for hydroxylation is 1. The van der Waals surface area contributed by atoms with Crippen LogP contribution in [0.2, 0.25) is 0 Å². The van der Waals surface area contributed by atoms with Gasteiger partial charge in [0.1, 0.15) is 0 Å². The Labute approximate surface area is 192 Å². The van der Waals surface area contributed by atoms with Crippen molar-refractivity contribution in [1.29, 1.82) is 0 Å². The van der Waals surface area contributed by atoms with E-state index < -0.39 is 5.91 Å². The lowest BCUT2D eigenvalue weighted by Gasteiger charge is -2.34. The van der Waals surface area contributed by atoms with Crippen molar-refractivity contribution in [3.63, 3.8) is 0 Å². The van der Waals surface area contributed by atoms with Crippen molar-refractivity contribution < 1.29 is 18.8 Å². The van der Waals surface area contributed by atoms with Crippen LogP contribution in [0.15, 0.2) is 71.3 Å². The maximum absolute atomic E-state index is 13.1. The minimum absolute atomic E-state index is 0.0791. The summed E-state index contributed by atoms with van der Waals surface area (Å²) in [6, 6.07) is 17.8. The second kappa shape index (κ2) is 10.1. The number of nitrogens with one attached hydrogen (secondary N) is 2. The first kappa shape index (κ1) is 22.3. The summed E-state index contributed by atoms with van der Waals surface area (Å²) in [5.41, 5.74) is 2.76. The average molecular weight is 447 g/mol. The Balaban J connectivity index is 1.32. The molecule has 0 radical (unpaired) electrons. The van der Waals surface area contributed by atoms with Gasteiger partial charge in [-0.3, -0.25) is 19.3 Å². The van der Waals surface area contributed by atoms with Crippen molar-refractivity contribution in [2.75, 3.05) is 43.4 Å². The highest BCUT2D eigenvalue weighted by molar-refractivity contribution is 6.07. The molecule has 2 heterocycles. The van der Waals surface area contributed by atoms with Gasteiger partial charge in [0.15, 0.2) is 5.76 Å². The molecule has 0 aliphatic carbocycles. The topological polar surface area (TPSA) is 94.9 Å². The van der Waals surface area contributed by atoms with E-state index in [1.165, 1.54) is 6.26 Å². The molecule has 1 aliphatic rings. The number of rotatable bonds is 6. The number of carbonyl (C=O) groups is 3. The molecule has 3 amide bonds. The van der Waals surface area contributed by atoms with E-state index in [1.807, 2.05) is 36.1 Å². The molecule has 0 saturated carbocycles. The molecule has 0 unspecified atom stereocenters. The lowest BCUT2D eigenvalue weighted by atomic mass is 10.1. The molecule has 170 valence electrons. The molecule has 33 heavy (non-hydrogen) atoms. The highest BCUT2D eigenvalue weighted by atomic mass is 16.3. The van der Waals surface area contributed by atoms with E-state index in [4.69, 9.17) is 4.42 Å². The number of furan rings is 1. The standard InChI is InChI=1S/C25H26N4O4/c1-18-8-10-19(11-9-18)26-23(30)17-28-12-14-29(15-13-28)25(32)20-5-2-3-6-21(20)27-24(31)22-7-4-16-33-22/h2-11,16H,12-15,17H2,1H3,(H,26,30)(H,27,31). The van der Waals surface area contributed by atoms with Crippen molar-refractivity contribution in [3.05, 3.63) is 83.8 Å². The summed E-state index contributed by atoms with van der Waals surface area (Å²) >= 11 is 0. The number of hydrogen-bond donors (Lipinski definition) is 2. The number of hydrogen-bond acceptors (Lipinski definition) is 5. The van der Waals surface area contributed by atoms with Crippen LogP contribution in [0, 0.1) is 6.92 Å². The zero-order valence-corrected chi connectivity index (χ0v) is 18.4. The maximum Gasteiger partial charge on any atom is 0.291 e. The van der Waals surface area contributed by atoms with E-state index in [0.717, 1.165) is 11.3 Å². The molecular formula is C25H26N4O4. The molecule has 0 spiro atoms. The molecule has 0 atom stereocenters. The molecule has 1 fully saturated rings. The summed E-state index contributed by atoms with van der Waals surface area (Å²) in [5.74, 6) is -0.474. The number of piperazine rings is 1. The predicted molar refractivity (Wildman–Crippen MR) is 125 cm³/mol. The molecule has 0 bridgehead atoms. The molecule has 1 aromatic heterocycles. The van der Waals surface area contributed by atoms with Crippen LogP contribution in [0.25, 0.3) is 0 Å². The van der Waals surface area contributed by atoms with Crippen molar-refractivity contribution >= 4 is 29.1 Å². The zero-order chi connectivity index (χ0) is 23.2. The Morgan fingerprint density at radius 3 is 2.30 bits per heavy atom. The summed E-state index contributed by atoms with van der Waals surface area (Å²) in [6.07, 6.45) is 1.42. The van der Waals surface area contributed by atoms with Crippen molar-refractivity contribution in [2.24, 2.45) is 0 Å². The third kappa shape index (κ3) is 5.67. The van der Waals surface area contributed by atoms with E-state index in [0.29, 0.717) is 37.4 Å². The van der Waals surface area contributed by atoms with Gasteiger partial charge in [-0.1, -0.05) is 29.8 Å². The number of amides is 3. The molecule has 8 nitrogen and oxygen atoms in total. The Kier molecular flexibility index (Phi) is 6.85. The normalized spacial score (nSPS) is 14.0. The molecule has 2 N–H and O–H groups in total. The summed E-state index contributed by atoms with van der Waals surface area (Å²) in [4.78, 5) is 41.6. The van der Waals surface area contributed by atoms with Crippen LogP contribution in [0.1, 0.15) is 26.5 Å². The van der Waals surface area contributed by atoms with Gasteiger partial charge in [-0.2, -0.15) is 0 Å². The smallest absolute Gasteiger partial charge is 0.291 e. The molecule has 1 aliphatic heterocycles. The molecule has 1 saturated heterocycles. The van der Waals surface area contributed by atoms with Gasteiger partial charge in [0.25, 0.3) is 11.8 Å². The maximum atomic E-state index is 13.1. The Bertz CT molecular complexity index is 1120. The quantitative estimate of drug-likeness (QED) is 0.606. The summed E-state index contributed by atoms with van der Waals surface area (Å²) in [7, 11) is 0. The van der Waals surface area contributed by atoms with Crippen molar-refractivity contribution in [2.45, 2.75) is 6.92 Å². The Hall–Kier alpha value is -3.91. The number of benzene rings is 2. The number of anilines is 2. The second-order valence-corrected chi connectivity index (χ2v) is 7.96. The third-order valence-corrected chi connectivity index (χ3v) is 5.51. The van der Waals surface area contributed by atoms with E-state index in [9.17, 15) is 14.4 Å². The van der Waals surface area contributed by atoms with Crippen LogP contribution >= 0.6 is 0 Å². The minimum atomic E-state index is -0.412. The molecule has 2 aromatic carbocycles. The first-order chi connectivity index (χ1) is 16.0. The SMILES string of the molecule is Cc1ccc(NC(=O)CN2CCN(C(=O)c3ccccc3NC(=O)c3ccco3)CC2)cc1. The van der Waals surface area contributed by atoms with Gasteiger partial charge >= 0.3 is 0 Å². The molecule has 4 rings (SSSR count). The molecular weight excluding hydrogens is 420 g/mol. The predicted octanol–water partition coefficient (Wildman–Crippen LogP) is 3.24. The van der Waals surface area contributed by atoms with Gasteiger partial charge in [-0.15, -0.1) is 0 Å². The van der Waals surface area contributed by atoms with Crippen LogP contribution in [0.3, 0.4) is 0 Å². The Morgan fingerprint density at radius 2 is 1.61 bits per heavy atom. The van der Waals surface area contributed by atoms with Crippen molar-refractivity contribution in [3.8, 4) is 0 Å². The van der Waals surface area contributed by atoms with Gasteiger partial charge in [0.2, 0.25) is 5.91 Å². The van der Waals surface area contributed by atoms with E-state index in [-0.39, 0.29) is 24.1 Å². The fraction of sp³-hybridized carbons (Fsp3) is 0.240. The minimum Gasteiger partial charge on any atom is -0.459 e. The first-order valence-electron chi connectivity index (χ1n) is 10.8. The highest BCUT2D eigenvalue weighted by Crippen LogP contribution is 2.20. The van der Waals surface area contributed by atoms with Gasteiger partial charge in [-0.25, -0.2) is 0 Å². The summed E-state index contributed by atoms with van der Waals surface area (Å²) in [6.45, 7) is 4.44. The monoisotopic (exact) mass is 446 g/mol. The Morgan fingerprint density at radius 1 is 0.879 bits per heavy atom. The number of para-hydroxylation sites is 1. The highest BCUT2D eigenvalue weighted by Gasteiger charge is 2.25. The van der Waals surface area contributed by atoms with E-state index >= 15 is 0 Å². The van der Waals surface area contributed by atoms with Crippen molar-refractivity contribution in [1.82, 2.24) is 9.80 Å². The lowest BCUT2D eigenvalue weighted by molar-refractivity contribution is -0.117. The lowest BCUT2D eigenvalue weighted by Crippen LogP contribution is -2.50. The van der Waals surface area contributed by atoms with Crippen LogP contribution in [0.5, 0.6) is 0 Å². The van der Waals surface area contributed by atoms with Crippen LogP contribution in [-0.2, 0) is 4.79 Å². The number of carbonyl (C=O) groups excluding carboxylic acids is 3. The van der Waals surface area contributed by atoms with Gasteiger partial charge in [-0.05, 0) is 43.3 Å². The van der Waals surface area contributed by atoms with E-state index in [1.54, 1.807) is 41.3 Å². The van der Waals surface area contributed by atoms with Crippen LogP contribution < -0.4 is 10.6 Å². The van der Waals surface area contributed by atoms with Crippen LogP contribution in [0.4, 0.5) is 11.4 Å². The van der Waals surface area contributed by atoms with Gasteiger partial charge in [0.05, 0.1) is 24.1 Å².